The van der Waals surface area contributed by atoms with Gasteiger partial charge < -0.3 is 4.52 Å². The molecule has 0 aromatic heterocycles. The Kier molecular flexibility index (Phi) is 5.70. The van der Waals surface area contributed by atoms with Crippen molar-refractivity contribution in [3.63, 3.8) is 0 Å². The highest BCUT2D eigenvalue weighted by Gasteiger charge is 2.39. The van der Waals surface area contributed by atoms with E-state index in [0.29, 0.717) is 23.9 Å². The van der Waals surface area contributed by atoms with Gasteiger partial charge in [0.05, 0.1) is 6.61 Å². The fourth-order valence-corrected chi connectivity index (χ4v) is 5.15. The summed E-state index contributed by atoms with van der Waals surface area (Å²) in [7, 11) is -3.25. The molecule has 116 valence electrons. The number of carbonyl (C=O) groups is 1. The molecule has 0 aliphatic heterocycles. The van der Waals surface area contributed by atoms with Gasteiger partial charge in [-0.1, -0.05) is 55.5 Å². The van der Waals surface area contributed by atoms with Crippen LogP contribution in [0, 0.1) is 0 Å². The summed E-state index contributed by atoms with van der Waals surface area (Å²) in [5, 5.41) is 0.605. The quantitative estimate of drug-likeness (QED) is 0.565. The van der Waals surface area contributed by atoms with E-state index in [-0.39, 0.29) is 5.78 Å². The van der Waals surface area contributed by atoms with Gasteiger partial charge in [0.15, 0.2) is 5.78 Å². The predicted molar refractivity (Wildman–Crippen MR) is 90.2 cm³/mol. The largest absolute Gasteiger partial charge is 0.325 e. The maximum atomic E-state index is 13.5. The minimum Gasteiger partial charge on any atom is -0.325 e. The first-order valence-electron chi connectivity index (χ1n) is 7.52. The number of hydrogen-bond donors (Lipinski definition) is 0. The smallest absolute Gasteiger partial charge is 0.242 e. The molecule has 0 amide bonds. The number of hydrogen-bond acceptors (Lipinski definition) is 3. The van der Waals surface area contributed by atoms with Crippen molar-refractivity contribution in [2.75, 3.05) is 6.61 Å². The van der Waals surface area contributed by atoms with Crippen LogP contribution in [0.15, 0.2) is 60.7 Å². The maximum Gasteiger partial charge on any atom is 0.242 e. The summed E-state index contributed by atoms with van der Waals surface area (Å²) in [6, 6.07) is 18.0. The zero-order valence-electron chi connectivity index (χ0n) is 12.9. The van der Waals surface area contributed by atoms with E-state index in [1.807, 2.05) is 43.3 Å². The van der Waals surface area contributed by atoms with Gasteiger partial charge in [-0.05, 0) is 25.5 Å². The first kappa shape index (κ1) is 16.7. The molecule has 22 heavy (non-hydrogen) atoms. The van der Waals surface area contributed by atoms with E-state index in [2.05, 4.69) is 0 Å². The molecule has 0 heterocycles. The topological polar surface area (TPSA) is 43.4 Å². The second-order valence-electron chi connectivity index (χ2n) is 5.00. The fraction of sp³-hybridized carbons (Fsp3) is 0.278. The summed E-state index contributed by atoms with van der Waals surface area (Å²) in [5.74, 6) is -0.122. The molecule has 0 spiro atoms. The molecule has 3 nitrogen and oxygen atoms in total. The minimum absolute atomic E-state index is 0.122. The van der Waals surface area contributed by atoms with Crippen molar-refractivity contribution in [3.8, 4) is 0 Å². The maximum absolute atomic E-state index is 13.5. The van der Waals surface area contributed by atoms with Crippen molar-refractivity contribution in [2.24, 2.45) is 0 Å². The Bertz CT molecular complexity index is 653. The fourth-order valence-electron chi connectivity index (χ4n) is 2.55. The third-order valence-corrected chi connectivity index (χ3v) is 6.67. The van der Waals surface area contributed by atoms with Crippen molar-refractivity contribution >= 4 is 18.5 Å². The van der Waals surface area contributed by atoms with Gasteiger partial charge in [-0.15, -0.1) is 0 Å². The highest BCUT2D eigenvalue weighted by atomic mass is 31.2. The van der Waals surface area contributed by atoms with Gasteiger partial charge in [0.25, 0.3) is 0 Å². The Morgan fingerprint density at radius 3 is 2.05 bits per heavy atom. The molecule has 2 aromatic carbocycles. The monoisotopic (exact) mass is 316 g/mol. The SMILES string of the molecule is CCO[P@@](=O)(c1ccccc1)[C@@H](CC)C(=O)c1ccccc1. The lowest BCUT2D eigenvalue weighted by molar-refractivity contribution is 0.0980. The van der Waals surface area contributed by atoms with Crippen LogP contribution in [0.5, 0.6) is 0 Å². The van der Waals surface area contributed by atoms with Gasteiger partial charge in [0, 0.05) is 10.9 Å². The van der Waals surface area contributed by atoms with Gasteiger partial charge in [-0.3, -0.25) is 9.36 Å². The van der Waals surface area contributed by atoms with Crippen molar-refractivity contribution < 1.29 is 13.9 Å². The first-order valence-corrected chi connectivity index (χ1v) is 9.22. The highest BCUT2D eigenvalue weighted by molar-refractivity contribution is 7.68. The molecule has 2 atom stereocenters. The number of ketones is 1. The summed E-state index contributed by atoms with van der Waals surface area (Å²) in [6.45, 7) is 3.99. The van der Waals surface area contributed by atoms with E-state index in [0.717, 1.165) is 0 Å². The third kappa shape index (κ3) is 3.37. The zero-order valence-corrected chi connectivity index (χ0v) is 13.8. The van der Waals surface area contributed by atoms with Crippen molar-refractivity contribution in [1.29, 1.82) is 0 Å². The Hall–Kier alpha value is -1.70. The van der Waals surface area contributed by atoms with Crippen LogP contribution < -0.4 is 5.30 Å². The molecule has 0 saturated heterocycles. The molecule has 0 aliphatic rings. The lowest BCUT2D eigenvalue weighted by Gasteiger charge is -2.25. The average Bonchev–Trinajstić information content (AvgIpc) is 2.57. The molecular formula is C18H21O3P. The van der Waals surface area contributed by atoms with Crippen LogP contribution in [-0.2, 0) is 9.09 Å². The van der Waals surface area contributed by atoms with Crippen molar-refractivity contribution in [3.05, 3.63) is 66.2 Å². The third-order valence-electron chi connectivity index (χ3n) is 3.59. The summed E-state index contributed by atoms with van der Waals surface area (Å²) in [6.07, 6.45) is 0.472. The molecule has 0 radical (unpaired) electrons. The lowest BCUT2D eigenvalue weighted by atomic mass is 10.1. The van der Waals surface area contributed by atoms with Gasteiger partial charge in [-0.25, -0.2) is 0 Å². The molecule has 0 bridgehead atoms. The molecule has 0 fully saturated rings. The van der Waals surface area contributed by atoms with Gasteiger partial charge >= 0.3 is 0 Å². The minimum atomic E-state index is -3.25. The summed E-state index contributed by atoms with van der Waals surface area (Å²) in [4.78, 5) is 12.8. The van der Waals surface area contributed by atoms with E-state index in [9.17, 15) is 9.36 Å². The normalized spacial score (nSPS) is 15.0. The van der Waals surface area contributed by atoms with Crippen LogP contribution in [0.4, 0.5) is 0 Å². The molecule has 0 unspecified atom stereocenters. The summed E-state index contributed by atoms with van der Waals surface area (Å²) < 4.78 is 19.2. The molecular weight excluding hydrogens is 295 g/mol. The zero-order chi connectivity index (χ0) is 16.0. The Balaban J connectivity index is 2.45. The van der Waals surface area contributed by atoms with E-state index < -0.39 is 13.0 Å². The van der Waals surface area contributed by atoms with Crippen LogP contribution in [0.1, 0.15) is 30.6 Å². The standard InChI is InChI=1S/C18H21O3P/c1-3-17(18(19)15-11-7-5-8-12-15)22(20,21-4-2)16-13-9-6-10-14-16/h5-14,17H,3-4H2,1-2H3/t17-,22-/m0/s1. The van der Waals surface area contributed by atoms with E-state index in [1.165, 1.54) is 0 Å². The average molecular weight is 316 g/mol. The molecule has 0 saturated carbocycles. The van der Waals surface area contributed by atoms with E-state index >= 15 is 0 Å². The number of carbonyl (C=O) groups excluding carboxylic acids is 1. The number of rotatable bonds is 7. The molecule has 0 aliphatic carbocycles. The molecule has 4 heteroatoms. The summed E-state index contributed by atoms with van der Waals surface area (Å²) >= 11 is 0. The van der Waals surface area contributed by atoms with E-state index in [4.69, 9.17) is 4.52 Å². The van der Waals surface area contributed by atoms with Gasteiger partial charge in [-0.2, -0.15) is 0 Å². The van der Waals surface area contributed by atoms with Crippen LogP contribution in [0.25, 0.3) is 0 Å². The van der Waals surface area contributed by atoms with Crippen LogP contribution in [0.2, 0.25) is 0 Å². The molecule has 0 N–H and O–H groups in total. The highest BCUT2D eigenvalue weighted by Crippen LogP contribution is 2.53. The molecule has 2 aromatic rings. The van der Waals surface area contributed by atoms with Crippen LogP contribution >= 0.6 is 7.37 Å². The second-order valence-corrected chi connectivity index (χ2v) is 7.60. The van der Waals surface area contributed by atoms with Crippen molar-refractivity contribution in [2.45, 2.75) is 25.9 Å². The van der Waals surface area contributed by atoms with Gasteiger partial charge in [0.2, 0.25) is 7.37 Å². The number of Topliss-reactive ketones (excluding diaryl/α,β-unsaturated/α-hetero) is 1. The molecule has 2 rings (SSSR count). The Morgan fingerprint density at radius 1 is 1.00 bits per heavy atom. The lowest BCUT2D eigenvalue weighted by Crippen LogP contribution is -2.27. The summed E-state index contributed by atoms with van der Waals surface area (Å²) in [5.41, 5.74) is -0.0811. The Labute approximate surface area is 131 Å². The predicted octanol–water partition coefficient (Wildman–Crippen LogP) is 4.29. The van der Waals surface area contributed by atoms with Crippen LogP contribution in [0.3, 0.4) is 0 Å². The van der Waals surface area contributed by atoms with Gasteiger partial charge in [0.1, 0.15) is 5.66 Å². The second kappa shape index (κ2) is 7.53. The number of benzene rings is 2. The Morgan fingerprint density at radius 2 is 1.55 bits per heavy atom. The first-order chi connectivity index (χ1) is 10.6. The van der Waals surface area contributed by atoms with Crippen LogP contribution in [-0.4, -0.2) is 18.0 Å². The van der Waals surface area contributed by atoms with Crippen molar-refractivity contribution in [1.82, 2.24) is 0 Å². The van der Waals surface area contributed by atoms with E-state index in [1.54, 1.807) is 31.2 Å².